The third kappa shape index (κ3) is 5.90. The van der Waals surface area contributed by atoms with Crippen LogP contribution in [0.4, 0.5) is 0 Å². The second-order valence-electron chi connectivity index (χ2n) is 10.4. The molecule has 0 amide bonds. The highest BCUT2D eigenvalue weighted by Gasteiger charge is 2.55. The molecular formula is C26H37NO7. The predicted octanol–water partition coefficient (Wildman–Crippen LogP) is 4.00. The number of esters is 1. The zero-order valence-corrected chi connectivity index (χ0v) is 20.4. The molecule has 34 heavy (non-hydrogen) atoms. The summed E-state index contributed by atoms with van der Waals surface area (Å²) >= 11 is 0. The van der Waals surface area contributed by atoms with Gasteiger partial charge in [-0.2, -0.15) is 0 Å². The van der Waals surface area contributed by atoms with Crippen molar-refractivity contribution in [1.82, 2.24) is 4.90 Å². The molecule has 188 valence electrons. The van der Waals surface area contributed by atoms with Crippen LogP contribution in [0.5, 0.6) is 0 Å². The number of furan rings is 1. The summed E-state index contributed by atoms with van der Waals surface area (Å²) in [7, 11) is 2.14. The van der Waals surface area contributed by atoms with Gasteiger partial charge in [0.15, 0.2) is 0 Å². The predicted molar refractivity (Wildman–Crippen MR) is 125 cm³/mol. The number of fused-ring (bicyclic) bond motifs is 2. The molecule has 1 aliphatic heterocycles. The summed E-state index contributed by atoms with van der Waals surface area (Å²) in [6.07, 6.45) is 9.51. The minimum Gasteiger partial charge on any atom is -0.473 e. The molecule has 8 nitrogen and oxygen atoms in total. The number of ether oxygens (including phenoxy) is 1. The molecule has 3 aliphatic rings. The number of hydrogen-bond acceptors (Lipinski definition) is 6. The number of aryl methyl sites for hydroxylation is 1. The van der Waals surface area contributed by atoms with Crippen molar-refractivity contribution in [3.8, 4) is 0 Å². The number of rotatable bonds is 6. The molecule has 2 aliphatic carbocycles. The Morgan fingerprint density at radius 3 is 2.65 bits per heavy atom. The second-order valence-corrected chi connectivity index (χ2v) is 10.4. The molecule has 2 heterocycles. The Kier molecular flexibility index (Phi) is 8.23. The minimum atomic E-state index is -1.82. The third-order valence-electron chi connectivity index (χ3n) is 8.13. The molecule has 1 aromatic heterocycles. The average Bonchev–Trinajstić information content (AvgIpc) is 3.39. The van der Waals surface area contributed by atoms with Gasteiger partial charge in [-0.25, -0.2) is 9.59 Å². The van der Waals surface area contributed by atoms with Gasteiger partial charge in [-0.05, 0) is 76.0 Å². The second kappa shape index (κ2) is 10.8. The summed E-state index contributed by atoms with van der Waals surface area (Å²) in [5.41, 5.74) is 1.68. The Hall–Kier alpha value is -2.61. The lowest BCUT2D eigenvalue weighted by molar-refractivity contribution is -0.159. The van der Waals surface area contributed by atoms with Crippen molar-refractivity contribution in [3.63, 3.8) is 0 Å². The van der Waals surface area contributed by atoms with Crippen LogP contribution in [0, 0.1) is 23.2 Å². The van der Waals surface area contributed by atoms with Gasteiger partial charge < -0.3 is 24.3 Å². The van der Waals surface area contributed by atoms with Gasteiger partial charge in [-0.15, -0.1) is 0 Å². The Labute approximate surface area is 200 Å². The van der Waals surface area contributed by atoms with E-state index in [1.807, 2.05) is 12.1 Å². The lowest BCUT2D eigenvalue weighted by Crippen LogP contribution is -2.46. The van der Waals surface area contributed by atoms with Crippen molar-refractivity contribution in [1.29, 1.82) is 0 Å². The van der Waals surface area contributed by atoms with Crippen LogP contribution in [-0.4, -0.2) is 58.8 Å². The van der Waals surface area contributed by atoms with Crippen LogP contribution >= 0.6 is 0 Å². The minimum absolute atomic E-state index is 0.000314. The van der Waals surface area contributed by atoms with Crippen molar-refractivity contribution in [2.24, 2.45) is 23.2 Å². The van der Waals surface area contributed by atoms with E-state index in [9.17, 15) is 4.79 Å². The fourth-order valence-corrected chi connectivity index (χ4v) is 5.98. The van der Waals surface area contributed by atoms with Crippen LogP contribution in [0.15, 0.2) is 35.0 Å². The fourth-order valence-electron chi connectivity index (χ4n) is 5.98. The van der Waals surface area contributed by atoms with Crippen LogP contribution in [0.1, 0.15) is 58.1 Å². The first-order valence-electron chi connectivity index (χ1n) is 12.1. The van der Waals surface area contributed by atoms with E-state index in [1.165, 1.54) is 18.4 Å². The number of carbonyl (C=O) groups excluding carboxylic acids is 1. The first kappa shape index (κ1) is 26.0. The number of carboxylic acids is 2. The third-order valence-corrected chi connectivity index (χ3v) is 8.13. The first-order valence-corrected chi connectivity index (χ1v) is 12.1. The summed E-state index contributed by atoms with van der Waals surface area (Å²) in [6, 6.07) is 4.37. The van der Waals surface area contributed by atoms with Crippen LogP contribution in [0.2, 0.25) is 0 Å². The molecule has 3 fully saturated rings. The Morgan fingerprint density at radius 1 is 1.32 bits per heavy atom. The number of aliphatic carboxylic acids is 2. The lowest BCUT2D eigenvalue weighted by Gasteiger charge is -2.50. The molecule has 4 rings (SSSR count). The van der Waals surface area contributed by atoms with Gasteiger partial charge in [0.25, 0.3) is 0 Å². The van der Waals surface area contributed by atoms with E-state index < -0.39 is 11.9 Å². The number of allylic oxidation sites excluding steroid dienone is 1. The summed E-state index contributed by atoms with van der Waals surface area (Å²) in [5.74, 6) is -1.69. The highest BCUT2D eigenvalue weighted by molar-refractivity contribution is 6.27. The Morgan fingerprint density at radius 2 is 2.03 bits per heavy atom. The molecule has 0 radical (unpaired) electrons. The zero-order valence-electron chi connectivity index (χ0n) is 20.4. The SMILES string of the molecule is C=C1CCC[C@]2(C)C[C@H]3OC(=O)C(CN(C)C(C)CCc4ccco4)[C@H]3CC12.O=C(O)C(=O)O. The van der Waals surface area contributed by atoms with E-state index in [2.05, 4.69) is 32.4 Å². The largest absolute Gasteiger partial charge is 0.473 e. The van der Waals surface area contributed by atoms with Gasteiger partial charge >= 0.3 is 17.9 Å². The number of hydrogen-bond donors (Lipinski definition) is 2. The van der Waals surface area contributed by atoms with Crippen molar-refractivity contribution in [2.75, 3.05) is 13.6 Å². The van der Waals surface area contributed by atoms with Crippen LogP contribution in [-0.2, 0) is 25.5 Å². The molecular weight excluding hydrogens is 438 g/mol. The highest BCUT2D eigenvalue weighted by atomic mass is 16.6. The van der Waals surface area contributed by atoms with Crippen molar-refractivity contribution >= 4 is 17.9 Å². The molecule has 1 saturated heterocycles. The standard InChI is InChI=1S/C24H35NO3.C2H2O4/c1-16-7-5-11-24(3)14-22-19(13-21(16)24)20(23(26)28-22)15-25(4)17(2)9-10-18-8-6-12-27-18;3-1(4)2(5)6/h6,8,12,17,19-22H,1,5,7,9-11,13-15H2,2-4H3;(H,3,4)(H,5,6)/t17?,19-,20?,21?,22-,24-;/m1./s1. The summed E-state index contributed by atoms with van der Waals surface area (Å²) in [5, 5.41) is 14.8. The van der Waals surface area contributed by atoms with E-state index >= 15 is 0 Å². The molecule has 2 N–H and O–H groups in total. The molecule has 2 saturated carbocycles. The molecule has 0 bridgehead atoms. The number of carbonyl (C=O) groups is 3. The van der Waals surface area contributed by atoms with Crippen molar-refractivity contribution in [2.45, 2.75) is 70.9 Å². The first-order chi connectivity index (χ1) is 16.0. The monoisotopic (exact) mass is 475 g/mol. The maximum absolute atomic E-state index is 12.7. The molecule has 1 aromatic rings. The maximum atomic E-state index is 12.7. The van der Waals surface area contributed by atoms with E-state index in [0.29, 0.717) is 17.9 Å². The van der Waals surface area contributed by atoms with E-state index in [0.717, 1.165) is 44.4 Å². The molecule has 6 atom stereocenters. The van der Waals surface area contributed by atoms with E-state index in [1.54, 1.807) is 6.26 Å². The Bertz CT molecular complexity index is 883. The van der Waals surface area contributed by atoms with Crippen molar-refractivity contribution in [3.05, 3.63) is 36.3 Å². The zero-order chi connectivity index (χ0) is 25.0. The van der Waals surface area contributed by atoms with Crippen molar-refractivity contribution < 1.29 is 33.8 Å². The van der Waals surface area contributed by atoms with Gasteiger partial charge in [0.05, 0.1) is 12.2 Å². The molecule has 0 aromatic carbocycles. The average molecular weight is 476 g/mol. The molecule has 3 unspecified atom stereocenters. The maximum Gasteiger partial charge on any atom is 0.414 e. The van der Waals surface area contributed by atoms with Gasteiger partial charge in [0.2, 0.25) is 0 Å². The molecule has 0 spiro atoms. The summed E-state index contributed by atoms with van der Waals surface area (Å²) < 4.78 is 11.4. The smallest absolute Gasteiger partial charge is 0.414 e. The van der Waals surface area contributed by atoms with Gasteiger partial charge in [0, 0.05) is 24.9 Å². The molecule has 8 heteroatoms. The lowest BCUT2D eigenvalue weighted by atomic mass is 9.55. The van der Waals surface area contributed by atoms with Crippen LogP contribution in [0.25, 0.3) is 0 Å². The highest BCUT2D eigenvalue weighted by Crippen LogP contribution is 2.56. The van der Waals surface area contributed by atoms with E-state index in [-0.39, 0.29) is 23.4 Å². The van der Waals surface area contributed by atoms with Crippen LogP contribution < -0.4 is 0 Å². The number of nitrogens with zero attached hydrogens (tertiary/aromatic N) is 1. The van der Waals surface area contributed by atoms with E-state index in [4.69, 9.17) is 29.0 Å². The normalized spacial score (nSPS) is 31.1. The number of carboxylic acid groups (broad SMARTS) is 2. The quantitative estimate of drug-likeness (QED) is 0.360. The van der Waals surface area contributed by atoms with Gasteiger partial charge in [-0.1, -0.05) is 19.1 Å². The van der Waals surface area contributed by atoms with Crippen LogP contribution in [0.3, 0.4) is 0 Å². The fraction of sp³-hybridized carbons (Fsp3) is 0.654. The van der Waals surface area contributed by atoms with Gasteiger partial charge in [-0.3, -0.25) is 4.79 Å². The van der Waals surface area contributed by atoms with Gasteiger partial charge in [0.1, 0.15) is 11.9 Å². The Balaban J connectivity index is 0.000000481. The topological polar surface area (TPSA) is 117 Å². The summed E-state index contributed by atoms with van der Waals surface area (Å²) in [6.45, 7) is 9.81. The summed E-state index contributed by atoms with van der Waals surface area (Å²) in [4.78, 5) is 33.3.